The molecule has 0 saturated carbocycles. The summed E-state index contributed by atoms with van der Waals surface area (Å²) in [5, 5.41) is 33.2. The van der Waals surface area contributed by atoms with E-state index in [9.17, 15) is 20.1 Å². The molecule has 4 rings (SSSR count). The van der Waals surface area contributed by atoms with Gasteiger partial charge in [-0.05, 0) is 11.5 Å². The first-order valence-electron chi connectivity index (χ1n) is 9.61. The van der Waals surface area contributed by atoms with E-state index in [4.69, 9.17) is 10.5 Å². The minimum atomic E-state index is -1.42. The number of likely N-dealkylation sites (N-methyl/N-ethyl adjacent to an activating group) is 1. The first-order chi connectivity index (χ1) is 14.9. The highest BCUT2D eigenvalue weighted by atomic mass is 16.6. The van der Waals surface area contributed by atoms with E-state index in [0.717, 1.165) is 0 Å². The van der Waals surface area contributed by atoms with Crippen LogP contribution in [0.4, 0.5) is 0 Å². The minimum Gasteiger partial charge on any atom is -0.387 e. The fourth-order valence-corrected chi connectivity index (χ4v) is 3.56. The number of nitrogens with zero attached hydrogens (tertiary/aromatic N) is 4. The van der Waals surface area contributed by atoms with Gasteiger partial charge in [-0.25, -0.2) is 9.98 Å². The fraction of sp³-hybridized carbons (Fsp3) is 0.400. The number of aliphatic imine (C=N–C) groups is 3. The number of nitrogens with two attached hydrogens (primary N) is 1. The van der Waals surface area contributed by atoms with Crippen molar-refractivity contribution in [1.29, 1.82) is 0 Å². The Labute approximate surface area is 178 Å². The maximum atomic E-state index is 11.9. The standard InChI is InChI=1S/C20H22N6O5/c1-22-19(30)16-14(28)15(29)20(31-16)26-9-23-13-17(21)24-12(25-18(13)26)8-7-11(27)10-5-3-2-4-6-10/h2-6,9,11,13-16,18,20,27-29H,1H3,(H,22,30)(H2,21,24,25)/t11?,13?,14-,15+,16-,18?,20+/m0/s1. The maximum Gasteiger partial charge on any atom is 0.251 e. The second-order valence-electron chi connectivity index (χ2n) is 7.18. The third-order valence-corrected chi connectivity index (χ3v) is 5.21. The van der Waals surface area contributed by atoms with Crippen molar-refractivity contribution in [2.45, 2.75) is 42.9 Å². The average molecular weight is 426 g/mol. The molecule has 1 saturated heterocycles. The Morgan fingerprint density at radius 1 is 1.29 bits per heavy atom. The Morgan fingerprint density at radius 3 is 2.74 bits per heavy atom. The Kier molecular flexibility index (Phi) is 5.71. The van der Waals surface area contributed by atoms with Gasteiger partial charge in [0.15, 0.2) is 18.5 Å². The lowest BCUT2D eigenvalue weighted by Gasteiger charge is -2.32. The van der Waals surface area contributed by atoms with Gasteiger partial charge in [0.2, 0.25) is 5.84 Å². The molecule has 3 aliphatic heterocycles. The number of hydrogen-bond acceptors (Lipinski definition) is 10. The molecule has 0 aromatic heterocycles. The quantitative estimate of drug-likeness (QED) is 0.340. The van der Waals surface area contributed by atoms with E-state index >= 15 is 0 Å². The topological polar surface area (TPSA) is 165 Å². The molecule has 162 valence electrons. The summed E-state index contributed by atoms with van der Waals surface area (Å²) in [6, 6.07) is 8.28. The Bertz CT molecular complexity index is 1000. The van der Waals surface area contributed by atoms with Crippen LogP contribution < -0.4 is 11.1 Å². The van der Waals surface area contributed by atoms with Crippen LogP contribution >= 0.6 is 0 Å². The maximum absolute atomic E-state index is 11.9. The zero-order valence-electron chi connectivity index (χ0n) is 16.5. The van der Waals surface area contributed by atoms with Crippen LogP contribution in [0.25, 0.3) is 0 Å². The van der Waals surface area contributed by atoms with Gasteiger partial charge in [-0.3, -0.25) is 9.79 Å². The normalized spacial score (nSPS) is 32.5. The highest BCUT2D eigenvalue weighted by Crippen LogP contribution is 2.30. The fourth-order valence-electron chi connectivity index (χ4n) is 3.56. The first-order valence-corrected chi connectivity index (χ1v) is 9.61. The molecule has 3 aliphatic rings. The minimum absolute atomic E-state index is 0.0834. The molecule has 1 aromatic carbocycles. The van der Waals surface area contributed by atoms with Gasteiger partial charge < -0.3 is 36.0 Å². The Morgan fingerprint density at radius 2 is 2.03 bits per heavy atom. The lowest BCUT2D eigenvalue weighted by molar-refractivity contribution is -0.138. The third-order valence-electron chi connectivity index (χ3n) is 5.21. The van der Waals surface area contributed by atoms with E-state index in [0.29, 0.717) is 5.56 Å². The molecule has 0 radical (unpaired) electrons. The van der Waals surface area contributed by atoms with Crippen LogP contribution in [0.1, 0.15) is 11.7 Å². The summed E-state index contributed by atoms with van der Waals surface area (Å²) in [6.07, 6.45) is -5.48. The lowest BCUT2D eigenvalue weighted by Crippen LogP contribution is -2.52. The largest absolute Gasteiger partial charge is 0.387 e. The SMILES string of the molecule is CNC(=O)[C@H]1O[C@@H](N2C=NC3C(N)=NC(C#CC(O)c4ccccc4)=NC32)[C@H](O)[C@@H]1O. The smallest absolute Gasteiger partial charge is 0.251 e. The average Bonchev–Trinajstić information content (AvgIpc) is 3.33. The second kappa shape index (κ2) is 8.44. The molecule has 0 aliphatic carbocycles. The van der Waals surface area contributed by atoms with Gasteiger partial charge in [-0.2, -0.15) is 0 Å². The van der Waals surface area contributed by atoms with Crippen molar-refractivity contribution < 1.29 is 24.9 Å². The van der Waals surface area contributed by atoms with Gasteiger partial charge in [-0.1, -0.05) is 36.3 Å². The van der Waals surface area contributed by atoms with E-state index in [1.165, 1.54) is 18.3 Å². The van der Waals surface area contributed by atoms with Crippen LogP contribution in [0.3, 0.4) is 0 Å². The number of aliphatic hydroxyl groups excluding tert-OH is 3. The number of hydrogen-bond donors (Lipinski definition) is 5. The lowest BCUT2D eigenvalue weighted by atomic mass is 10.1. The molecular formula is C20H22N6O5. The van der Waals surface area contributed by atoms with E-state index in [1.807, 2.05) is 6.07 Å². The number of rotatable bonds is 3. The van der Waals surface area contributed by atoms with Crippen LogP contribution in [-0.4, -0.2) is 87.9 Å². The number of nitrogens with one attached hydrogen (secondary N) is 1. The predicted molar refractivity (Wildman–Crippen MR) is 111 cm³/mol. The van der Waals surface area contributed by atoms with Gasteiger partial charge in [0, 0.05) is 7.05 Å². The number of benzene rings is 1. The number of amides is 1. The molecule has 0 bridgehead atoms. The molecule has 1 fully saturated rings. The summed E-state index contributed by atoms with van der Waals surface area (Å²) in [5.41, 5.74) is 6.66. The van der Waals surface area contributed by atoms with Crippen molar-refractivity contribution in [3.05, 3.63) is 35.9 Å². The number of amidine groups is 2. The highest BCUT2D eigenvalue weighted by molar-refractivity contribution is 6.10. The van der Waals surface area contributed by atoms with E-state index < -0.39 is 48.8 Å². The Balaban J connectivity index is 1.55. The number of aliphatic hydroxyl groups is 3. The van der Waals surface area contributed by atoms with Crippen LogP contribution in [0, 0.1) is 11.8 Å². The van der Waals surface area contributed by atoms with E-state index in [1.54, 1.807) is 24.3 Å². The Hall–Kier alpha value is -3.30. The van der Waals surface area contributed by atoms with Crippen molar-refractivity contribution in [3.63, 3.8) is 0 Å². The van der Waals surface area contributed by atoms with Crippen molar-refractivity contribution in [2.75, 3.05) is 7.05 Å². The number of ether oxygens (including phenoxy) is 1. The molecule has 1 amide bonds. The molecule has 11 heteroatoms. The summed E-state index contributed by atoms with van der Waals surface area (Å²) in [5.74, 6) is 5.08. The van der Waals surface area contributed by atoms with Crippen molar-refractivity contribution in [1.82, 2.24) is 10.2 Å². The first kappa shape index (κ1) is 21.0. The highest BCUT2D eigenvalue weighted by Gasteiger charge is 2.52. The van der Waals surface area contributed by atoms with Crippen LogP contribution in [0.2, 0.25) is 0 Å². The summed E-state index contributed by atoms with van der Waals surface area (Å²) >= 11 is 0. The molecule has 11 nitrogen and oxygen atoms in total. The number of carbonyl (C=O) groups is 1. The molecular weight excluding hydrogens is 404 g/mol. The molecule has 3 heterocycles. The zero-order valence-corrected chi connectivity index (χ0v) is 16.5. The van der Waals surface area contributed by atoms with Crippen LogP contribution in [0.5, 0.6) is 0 Å². The summed E-state index contributed by atoms with van der Waals surface area (Å²) in [6.45, 7) is 0. The van der Waals surface area contributed by atoms with Crippen LogP contribution in [0.15, 0.2) is 45.3 Å². The molecule has 6 N–H and O–H groups in total. The van der Waals surface area contributed by atoms with Gasteiger partial charge in [0.1, 0.15) is 30.2 Å². The monoisotopic (exact) mass is 426 g/mol. The van der Waals surface area contributed by atoms with Gasteiger partial charge in [0.05, 0.1) is 6.34 Å². The van der Waals surface area contributed by atoms with Gasteiger partial charge in [0.25, 0.3) is 5.91 Å². The van der Waals surface area contributed by atoms with E-state index in [2.05, 4.69) is 32.1 Å². The van der Waals surface area contributed by atoms with Crippen molar-refractivity contribution in [3.8, 4) is 11.8 Å². The van der Waals surface area contributed by atoms with Gasteiger partial charge >= 0.3 is 0 Å². The van der Waals surface area contributed by atoms with Crippen molar-refractivity contribution in [2.24, 2.45) is 20.7 Å². The zero-order chi connectivity index (χ0) is 22.1. The predicted octanol–water partition coefficient (Wildman–Crippen LogP) is -2.28. The molecule has 31 heavy (non-hydrogen) atoms. The van der Waals surface area contributed by atoms with Gasteiger partial charge in [-0.15, -0.1) is 0 Å². The molecule has 0 spiro atoms. The summed E-state index contributed by atoms with van der Waals surface area (Å²) in [7, 11) is 1.41. The molecule has 3 unspecified atom stereocenters. The second-order valence-corrected chi connectivity index (χ2v) is 7.18. The summed E-state index contributed by atoms with van der Waals surface area (Å²) < 4.78 is 5.59. The number of carbonyl (C=O) groups excluding carboxylic acids is 1. The summed E-state index contributed by atoms with van der Waals surface area (Å²) in [4.78, 5) is 26.2. The van der Waals surface area contributed by atoms with Crippen molar-refractivity contribution >= 4 is 23.9 Å². The molecule has 1 aromatic rings. The number of fused-ring (bicyclic) bond motifs is 1. The third kappa shape index (κ3) is 3.89. The van der Waals surface area contributed by atoms with Crippen LogP contribution in [-0.2, 0) is 9.53 Å². The molecule has 7 atom stereocenters. The van der Waals surface area contributed by atoms with E-state index in [-0.39, 0.29) is 11.7 Å².